The third-order valence-corrected chi connectivity index (χ3v) is 5.15. The van der Waals surface area contributed by atoms with Crippen LogP contribution in [0.3, 0.4) is 0 Å². The number of nitriles is 1. The predicted octanol–water partition coefficient (Wildman–Crippen LogP) is 1.89. The zero-order chi connectivity index (χ0) is 19.7. The lowest BCUT2D eigenvalue weighted by molar-refractivity contribution is 0.110. The molecule has 28 heavy (non-hydrogen) atoms. The van der Waals surface area contributed by atoms with Crippen LogP contribution in [-0.2, 0) is 7.05 Å². The van der Waals surface area contributed by atoms with E-state index in [0.717, 1.165) is 12.1 Å². The molecular weight excluding hydrogens is 356 g/mol. The summed E-state index contributed by atoms with van der Waals surface area (Å²) in [6, 6.07) is 9.22. The first-order valence-corrected chi connectivity index (χ1v) is 9.16. The molecule has 0 saturated carbocycles. The molecule has 8 heteroatoms. The van der Waals surface area contributed by atoms with Crippen LogP contribution in [0.15, 0.2) is 41.5 Å². The normalized spacial score (nSPS) is 19.4. The highest BCUT2D eigenvalue weighted by Gasteiger charge is 2.29. The fourth-order valence-corrected chi connectivity index (χ4v) is 3.61. The zero-order valence-electron chi connectivity index (χ0n) is 15.7. The van der Waals surface area contributed by atoms with Gasteiger partial charge in [0.15, 0.2) is 0 Å². The molecule has 1 fully saturated rings. The van der Waals surface area contributed by atoms with E-state index in [2.05, 4.69) is 32.8 Å². The van der Waals surface area contributed by atoms with Gasteiger partial charge in [-0.2, -0.15) is 5.26 Å². The standard InChI is InChI=1S/C20H20N6O2/c1-13-12-26(9-6-17(13)28-20-22-7-3-8-23-20)16-10-18(27)25(2)15-5-4-14(11-21)24-19(15)16/h3-5,7-8,10,13,17H,6,9,12H2,1-2H3/t13-,17+/m1/s1. The number of rotatable bonds is 3. The molecule has 3 aromatic rings. The molecule has 0 bridgehead atoms. The van der Waals surface area contributed by atoms with E-state index >= 15 is 0 Å². The summed E-state index contributed by atoms with van der Waals surface area (Å²) in [7, 11) is 1.71. The number of fused-ring (bicyclic) bond motifs is 1. The van der Waals surface area contributed by atoms with Crippen molar-refractivity contribution in [3.63, 3.8) is 0 Å². The summed E-state index contributed by atoms with van der Waals surface area (Å²) < 4.78 is 7.50. The van der Waals surface area contributed by atoms with Gasteiger partial charge in [0.1, 0.15) is 23.4 Å². The average Bonchev–Trinajstić information content (AvgIpc) is 2.72. The molecule has 2 atom stereocenters. The molecule has 0 amide bonds. The van der Waals surface area contributed by atoms with Gasteiger partial charge in [0.2, 0.25) is 0 Å². The molecule has 1 saturated heterocycles. The first-order chi connectivity index (χ1) is 13.6. The number of pyridine rings is 2. The van der Waals surface area contributed by atoms with Crippen LogP contribution in [-0.4, -0.2) is 38.7 Å². The highest BCUT2D eigenvalue weighted by atomic mass is 16.5. The molecule has 3 aromatic heterocycles. The van der Waals surface area contributed by atoms with Crippen LogP contribution < -0.4 is 15.2 Å². The highest BCUT2D eigenvalue weighted by molar-refractivity contribution is 5.88. The first kappa shape index (κ1) is 17.9. The number of aromatic nitrogens is 4. The minimum atomic E-state index is -0.0993. The van der Waals surface area contributed by atoms with E-state index in [-0.39, 0.29) is 17.6 Å². The Kier molecular flexibility index (Phi) is 4.65. The molecule has 1 aliphatic heterocycles. The van der Waals surface area contributed by atoms with E-state index in [0.29, 0.717) is 35.8 Å². The Bertz CT molecular complexity index is 1110. The second-order valence-corrected chi connectivity index (χ2v) is 7.00. The minimum Gasteiger partial charge on any atom is -0.460 e. The molecular formula is C20H20N6O2. The van der Waals surface area contributed by atoms with Gasteiger partial charge in [0.25, 0.3) is 5.56 Å². The van der Waals surface area contributed by atoms with E-state index < -0.39 is 0 Å². The molecule has 0 radical (unpaired) electrons. The van der Waals surface area contributed by atoms with Crippen LogP contribution in [0.4, 0.5) is 5.69 Å². The first-order valence-electron chi connectivity index (χ1n) is 9.16. The van der Waals surface area contributed by atoms with Crippen molar-refractivity contribution in [1.82, 2.24) is 19.5 Å². The Morgan fingerprint density at radius 3 is 2.79 bits per heavy atom. The second kappa shape index (κ2) is 7.27. The van der Waals surface area contributed by atoms with Crippen LogP contribution in [0.5, 0.6) is 6.01 Å². The van der Waals surface area contributed by atoms with Crippen molar-refractivity contribution >= 4 is 16.7 Å². The summed E-state index contributed by atoms with van der Waals surface area (Å²) in [5, 5.41) is 9.22. The predicted molar refractivity (Wildman–Crippen MR) is 104 cm³/mol. The van der Waals surface area contributed by atoms with E-state index in [4.69, 9.17) is 4.74 Å². The second-order valence-electron chi connectivity index (χ2n) is 7.00. The van der Waals surface area contributed by atoms with Crippen molar-refractivity contribution in [1.29, 1.82) is 5.26 Å². The maximum Gasteiger partial charge on any atom is 0.316 e. The number of ether oxygens (including phenoxy) is 1. The lowest BCUT2D eigenvalue weighted by atomic mass is 9.96. The van der Waals surface area contributed by atoms with E-state index in [1.807, 2.05) is 0 Å². The zero-order valence-corrected chi connectivity index (χ0v) is 15.7. The Morgan fingerprint density at radius 1 is 1.29 bits per heavy atom. The number of hydrogen-bond donors (Lipinski definition) is 0. The van der Waals surface area contributed by atoms with Gasteiger partial charge in [-0.1, -0.05) is 6.92 Å². The molecule has 0 unspecified atom stereocenters. The number of hydrogen-bond acceptors (Lipinski definition) is 7. The summed E-state index contributed by atoms with van der Waals surface area (Å²) >= 11 is 0. The lowest BCUT2D eigenvalue weighted by Gasteiger charge is -2.38. The van der Waals surface area contributed by atoms with E-state index in [1.54, 1.807) is 48.3 Å². The maximum atomic E-state index is 12.4. The van der Waals surface area contributed by atoms with E-state index in [9.17, 15) is 10.1 Å². The summed E-state index contributed by atoms with van der Waals surface area (Å²) in [6.45, 7) is 3.53. The molecule has 0 spiro atoms. The largest absolute Gasteiger partial charge is 0.460 e. The van der Waals surface area contributed by atoms with Crippen LogP contribution in [0.2, 0.25) is 0 Å². The Labute approximate surface area is 162 Å². The monoisotopic (exact) mass is 376 g/mol. The molecule has 4 rings (SSSR count). The quantitative estimate of drug-likeness (QED) is 0.688. The summed E-state index contributed by atoms with van der Waals surface area (Å²) in [5.74, 6) is 0.204. The van der Waals surface area contributed by atoms with Crippen LogP contribution >= 0.6 is 0 Å². The number of nitrogens with zero attached hydrogens (tertiary/aromatic N) is 6. The smallest absolute Gasteiger partial charge is 0.316 e. The van der Waals surface area contributed by atoms with Crippen molar-refractivity contribution in [2.45, 2.75) is 19.4 Å². The number of piperidine rings is 1. The fourth-order valence-electron chi connectivity index (χ4n) is 3.61. The SMILES string of the molecule is C[C@@H]1CN(c2cc(=O)n(C)c3ccc(C#N)nc23)CC[C@@H]1Oc1ncccn1. The van der Waals surface area contributed by atoms with Gasteiger partial charge in [-0.05, 0) is 18.2 Å². The van der Waals surface area contributed by atoms with Gasteiger partial charge < -0.3 is 14.2 Å². The van der Waals surface area contributed by atoms with E-state index in [1.165, 1.54) is 0 Å². The Balaban J connectivity index is 1.64. The molecule has 0 N–H and O–H groups in total. The minimum absolute atomic E-state index is 0.000844. The Hall–Kier alpha value is -3.47. The van der Waals surface area contributed by atoms with Crippen LogP contribution in [0.25, 0.3) is 11.0 Å². The van der Waals surface area contributed by atoms with Crippen molar-refractivity contribution in [2.24, 2.45) is 13.0 Å². The van der Waals surface area contributed by atoms with Crippen molar-refractivity contribution < 1.29 is 4.74 Å². The molecule has 8 nitrogen and oxygen atoms in total. The summed E-state index contributed by atoms with van der Waals surface area (Å²) in [5.41, 5.74) is 2.37. The summed E-state index contributed by atoms with van der Waals surface area (Å²) in [6.07, 6.45) is 4.09. The lowest BCUT2D eigenvalue weighted by Crippen LogP contribution is -2.45. The molecule has 4 heterocycles. The fraction of sp³-hybridized carbons (Fsp3) is 0.350. The van der Waals surface area contributed by atoms with Crippen LogP contribution in [0.1, 0.15) is 19.0 Å². The van der Waals surface area contributed by atoms with Gasteiger partial charge in [0, 0.05) is 50.9 Å². The van der Waals surface area contributed by atoms with Crippen molar-refractivity contribution in [3.05, 3.63) is 52.7 Å². The van der Waals surface area contributed by atoms with Crippen molar-refractivity contribution in [3.8, 4) is 12.1 Å². The molecule has 0 aliphatic carbocycles. The molecule has 1 aliphatic rings. The third kappa shape index (κ3) is 3.27. The topological polar surface area (TPSA) is 96.9 Å². The van der Waals surface area contributed by atoms with Gasteiger partial charge in [-0.25, -0.2) is 15.0 Å². The van der Waals surface area contributed by atoms with Gasteiger partial charge in [0.05, 0.1) is 11.2 Å². The van der Waals surface area contributed by atoms with Crippen molar-refractivity contribution in [2.75, 3.05) is 18.0 Å². The average molecular weight is 376 g/mol. The third-order valence-electron chi connectivity index (χ3n) is 5.15. The maximum absolute atomic E-state index is 12.4. The molecule has 0 aromatic carbocycles. The van der Waals surface area contributed by atoms with Gasteiger partial charge >= 0.3 is 6.01 Å². The number of anilines is 1. The van der Waals surface area contributed by atoms with Gasteiger partial charge in [-0.15, -0.1) is 0 Å². The molecule has 142 valence electrons. The summed E-state index contributed by atoms with van der Waals surface area (Å²) in [4.78, 5) is 27.3. The Morgan fingerprint density at radius 2 is 2.07 bits per heavy atom. The van der Waals surface area contributed by atoms with Gasteiger partial charge in [-0.3, -0.25) is 4.79 Å². The highest BCUT2D eigenvalue weighted by Crippen LogP contribution is 2.29. The number of aryl methyl sites for hydroxylation is 1. The van der Waals surface area contributed by atoms with Crippen LogP contribution in [0, 0.1) is 17.2 Å².